The Kier molecular flexibility index (Phi) is 7.89. The van der Waals surface area contributed by atoms with Crippen molar-refractivity contribution in [3.8, 4) is 49.8 Å². The summed E-state index contributed by atoms with van der Waals surface area (Å²) in [4.78, 5) is 9.95. The van der Waals surface area contributed by atoms with E-state index >= 15 is 0 Å². The summed E-state index contributed by atoms with van der Waals surface area (Å²) in [6.07, 6.45) is 1.93. The van der Waals surface area contributed by atoms with Crippen LogP contribution in [-0.2, 0) is 5.41 Å². The quantitative estimate of drug-likeness (QED) is 0.208. The number of hydrogen-bond acceptors (Lipinski definition) is 4. The van der Waals surface area contributed by atoms with Gasteiger partial charge in [-0.2, -0.15) is 0 Å². The number of nitrogens with zero attached hydrogens (tertiary/aromatic N) is 2. The molecule has 0 saturated heterocycles. The number of phenols is 1. The average molecular weight is 597 g/mol. The molecule has 3 nitrogen and oxygen atoms in total. The molecule has 0 saturated carbocycles. The molecule has 0 bridgehead atoms. The molecule has 222 valence electrons. The summed E-state index contributed by atoms with van der Waals surface area (Å²) in [6.45, 7) is 15.8. The minimum Gasteiger partial charge on any atom is -0.507 e. The zero-order chi connectivity index (χ0) is 31.2. The number of aromatic hydroxyl groups is 1. The average Bonchev–Trinajstić information content (AvgIpc) is 3.45. The Labute approximate surface area is 265 Å². The largest absolute Gasteiger partial charge is 0.507 e. The minimum absolute atomic E-state index is 0.0154. The Morgan fingerprint density at radius 2 is 1.30 bits per heavy atom. The van der Waals surface area contributed by atoms with Gasteiger partial charge in [0.05, 0.1) is 21.5 Å². The van der Waals surface area contributed by atoms with Crippen LogP contribution in [0, 0.1) is 0 Å². The van der Waals surface area contributed by atoms with E-state index in [0.29, 0.717) is 11.8 Å². The molecular formula is C40H40N2OS. The summed E-state index contributed by atoms with van der Waals surface area (Å²) < 4.78 is 1.09. The first-order valence-electron chi connectivity index (χ1n) is 15.4. The van der Waals surface area contributed by atoms with Crippen LogP contribution in [0.15, 0.2) is 97.2 Å². The van der Waals surface area contributed by atoms with Crippen LogP contribution in [0.2, 0.25) is 0 Å². The first kappa shape index (κ1) is 29.8. The zero-order valence-corrected chi connectivity index (χ0v) is 27.5. The fourth-order valence-electron chi connectivity index (χ4n) is 5.61. The Balaban J connectivity index is 1.60. The SMILES string of the molecule is CC(C)c1cc(-c2cc(-c3cc(C(C)(C)C)ccn3)cc(-c3cccc4sc(-c5ccccc5O)nc34)c2)cc(C(C)C)c1. The zero-order valence-electron chi connectivity index (χ0n) is 26.6. The molecule has 44 heavy (non-hydrogen) atoms. The summed E-state index contributed by atoms with van der Waals surface area (Å²) in [6, 6.07) is 32.0. The van der Waals surface area contributed by atoms with Crippen LogP contribution in [0.5, 0.6) is 5.75 Å². The fraction of sp³-hybridized carbons (Fsp3) is 0.250. The van der Waals surface area contributed by atoms with Crippen LogP contribution in [-0.4, -0.2) is 15.1 Å². The molecule has 0 aliphatic carbocycles. The Morgan fingerprint density at radius 1 is 0.659 bits per heavy atom. The van der Waals surface area contributed by atoms with E-state index in [9.17, 15) is 5.11 Å². The second-order valence-electron chi connectivity index (χ2n) is 13.4. The number of phenolic OH excluding ortho intramolecular Hbond substituents is 1. The molecule has 0 unspecified atom stereocenters. The summed E-state index contributed by atoms with van der Waals surface area (Å²) in [5.41, 5.74) is 12.3. The van der Waals surface area contributed by atoms with Crippen molar-refractivity contribution in [2.45, 2.75) is 65.7 Å². The van der Waals surface area contributed by atoms with Crippen molar-refractivity contribution in [1.29, 1.82) is 0 Å². The summed E-state index contributed by atoms with van der Waals surface area (Å²) in [5, 5.41) is 11.4. The van der Waals surface area contributed by atoms with E-state index in [0.717, 1.165) is 48.7 Å². The maximum atomic E-state index is 10.6. The van der Waals surface area contributed by atoms with E-state index in [-0.39, 0.29) is 11.2 Å². The number of aromatic nitrogens is 2. The molecule has 0 amide bonds. The molecule has 0 spiro atoms. The maximum Gasteiger partial charge on any atom is 0.128 e. The van der Waals surface area contributed by atoms with E-state index in [1.165, 1.54) is 22.3 Å². The Hall–Kier alpha value is -4.28. The van der Waals surface area contributed by atoms with Gasteiger partial charge in [-0.1, -0.05) is 90.9 Å². The van der Waals surface area contributed by atoms with Crippen LogP contribution in [0.4, 0.5) is 0 Å². The predicted octanol–water partition coefficient (Wildman–Crippen LogP) is 11.6. The van der Waals surface area contributed by atoms with Crippen molar-refractivity contribution in [3.63, 3.8) is 0 Å². The minimum atomic E-state index is 0.0154. The number of rotatable bonds is 6. The van der Waals surface area contributed by atoms with Crippen LogP contribution in [0.3, 0.4) is 0 Å². The van der Waals surface area contributed by atoms with Gasteiger partial charge in [0.15, 0.2) is 0 Å². The van der Waals surface area contributed by atoms with Crippen molar-refractivity contribution >= 4 is 21.6 Å². The summed E-state index contributed by atoms with van der Waals surface area (Å²) >= 11 is 1.61. The van der Waals surface area contributed by atoms with Crippen molar-refractivity contribution < 1.29 is 5.11 Å². The first-order valence-corrected chi connectivity index (χ1v) is 16.2. The molecule has 6 rings (SSSR count). The summed E-state index contributed by atoms with van der Waals surface area (Å²) in [7, 11) is 0. The molecule has 0 fully saturated rings. The standard InChI is InChI=1S/C40H40N2OS/c1-24(2)26-17-27(25(3)4)19-28(18-26)29-20-30(22-31(21-29)35-23-32(15-16-41-35)40(5,6)7)33-12-10-14-37-38(33)42-39(44-37)34-11-8-9-13-36(34)43/h8-25,43H,1-7H3. The number of thiazole rings is 1. The monoisotopic (exact) mass is 596 g/mol. The molecule has 1 N–H and O–H groups in total. The highest BCUT2D eigenvalue weighted by molar-refractivity contribution is 7.21. The number of fused-ring (bicyclic) bond motifs is 1. The van der Waals surface area contributed by atoms with E-state index in [2.05, 4.69) is 115 Å². The van der Waals surface area contributed by atoms with Crippen LogP contribution in [0.1, 0.15) is 77.0 Å². The molecule has 4 aromatic carbocycles. The molecule has 4 heteroatoms. The van der Waals surface area contributed by atoms with E-state index in [1.807, 2.05) is 24.4 Å². The van der Waals surface area contributed by atoms with Gasteiger partial charge in [-0.05, 0) is 99.2 Å². The van der Waals surface area contributed by atoms with Gasteiger partial charge in [-0.25, -0.2) is 4.98 Å². The third-order valence-electron chi connectivity index (χ3n) is 8.36. The highest BCUT2D eigenvalue weighted by Gasteiger charge is 2.18. The Morgan fingerprint density at radius 3 is 1.98 bits per heavy atom. The number of benzene rings is 4. The van der Waals surface area contributed by atoms with Crippen LogP contribution >= 0.6 is 11.3 Å². The smallest absolute Gasteiger partial charge is 0.128 e. The van der Waals surface area contributed by atoms with Crippen molar-refractivity contribution in [2.75, 3.05) is 0 Å². The van der Waals surface area contributed by atoms with Gasteiger partial charge < -0.3 is 5.11 Å². The first-order chi connectivity index (χ1) is 21.0. The molecule has 0 aliphatic heterocycles. The number of para-hydroxylation sites is 2. The van der Waals surface area contributed by atoms with Crippen LogP contribution < -0.4 is 0 Å². The van der Waals surface area contributed by atoms with Crippen molar-refractivity contribution in [3.05, 3.63) is 114 Å². The number of hydrogen-bond donors (Lipinski definition) is 1. The molecular weight excluding hydrogens is 557 g/mol. The molecule has 0 atom stereocenters. The van der Waals surface area contributed by atoms with Gasteiger partial charge >= 0.3 is 0 Å². The predicted molar refractivity (Wildman–Crippen MR) is 188 cm³/mol. The highest BCUT2D eigenvalue weighted by atomic mass is 32.1. The second kappa shape index (κ2) is 11.7. The Bertz CT molecular complexity index is 1950. The molecule has 0 radical (unpaired) electrons. The van der Waals surface area contributed by atoms with E-state index in [1.54, 1.807) is 17.4 Å². The van der Waals surface area contributed by atoms with Gasteiger partial charge in [0, 0.05) is 17.3 Å². The summed E-state index contributed by atoms with van der Waals surface area (Å²) in [5.74, 6) is 1.10. The molecule has 2 aromatic heterocycles. The lowest BCUT2D eigenvalue weighted by atomic mass is 9.86. The van der Waals surface area contributed by atoms with E-state index < -0.39 is 0 Å². The lowest BCUT2D eigenvalue weighted by Crippen LogP contribution is -2.11. The lowest BCUT2D eigenvalue weighted by molar-refractivity contribution is 0.477. The molecule has 6 aromatic rings. The highest BCUT2D eigenvalue weighted by Crippen LogP contribution is 2.41. The van der Waals surface area contributed by atoms with Gasteiger partial charge in [-0.15, -0.1) is 11.3 Å². The second-order valence-corrected chi connectivity index (χ2v) is 14.4. The maximum absolute atomic E-state index is 10.6. The fourth-order valence-corrected chi connectivity index (χ4v) is 6.64. The third kappa shape index (κ3) is 5.92. The lowest BCUT2D eigenvalue weighted by Gasteiger charge is -2.20. The molecule has 0 aliphatic rings. The van der Waals surface area contributed by atoms with Crippen molar-refractivity contribution in [2.24, 2.45) is 0 Å². The third-order valence-corrected chi connectivity index (χ3v) is 9.42. The van der Waals surface area contributed by atoms with E-state index in [4.69, 9.17) is 9.97 Å². The van der Waals surface area contributed by atoms with Gasteiger partial charge in [-0.3, -0.25) is 4.98 Å². The normalized spacial score (nSPS) is 12.0. The topological polar surface area (TPSA) is 46.0 Å². The van der Waals surface area contributed by atoms with Crippen LogP contribution in [0.25, 0.3) is 54.3 Å². The number of pyridine rings is 1. The molecule has 2 heterocycles. The van der Waals surface area contributed by atoms with Crippen molar-refractivity contribution in [1.82, 2.24) is 9.97 Å². The van der Waals surface area contributed by atoms with Gasteiger partial charge in [0.2, 0.25) is 0 Å². The van der Waals surface area contributed by atoms with Gasteiger partial charge in [0.1, 0.15) is 10.8 Å². The van der Waals surface area contributed by atoms with Gasteiger partial charge in [0.25, 0.3) is 0 Å².